The molecule has 4 nitrogen and oxygen atoms in total. The van der Waals surface area contributed by atoms with Crippen molar-refractivity contribution in [3.63, 3.8) is 0 Å². The lowest BCUT2D eigenvalue weighted by Gasteiger charge is -2.13. The zero-order valence-corrected chi connectivity index (χ0v) is 15.4. The Hall–Kier alpha value is -1.63. The molecule has 0 fully saturated rings. The molecule has 2 aromatic rings. The zero-order valence-electron chi connectivity index (χ0n) is 13.0. The van der Waals surface area contributed by atoms with Crippen molar-refractivity contribution in [2.75, 3.05) is 13.6 Å². The minimum absolute atomic E-state index is 0. The number of aromatic nitrogens is 1. The van der Waals surface area contributed by atoms with Crippen molar-refractivity contribution in [1.29, 1.82) is 0 Å². The van der Waals surface area contributed by atoms with Crippen LogP contribution in [0.3, 0.4) is 0 Å². The molecular weight excluding hydrogens is 387 g/mol. The highest BCUT2D eigenvalue weighted by atomic mass is 127. The predicted molar refractivity (Wildman–Crippen MR) is 103 cm³/mol. The molecule has 5 heteroatoms. The number of hydrogen-bond donors (Lipinski definition) is 2. The number of rotatable bonds is 5. The van der Waals surface area contributed by atoms with Gasteiger partial charge in [0.2, 0.25) is 0 Å². The molecule has 1 aromatic heterocycles. The predicted octanol–water partition coefficient (Wildman–Crippen LogP) is 2.92. The Labute approximate surface area is 149 Å². The third kappa shape index (κ3) is 6.01. The Bertz CT molecular complexity index is 584. The lowest BCUT2D eigenvalue weighted by atomic mass is 10.1. The van der Waals surface area contributed by atoms with Gasteiger partial charge in [-0.25, -0.2) is 0 Å². The second kappa shape index (κ2) is 10.2. The monoisotopic (exact) mass is 410 g/mol. The Kier molecular flexibility index (Phi) is 8.50. The molecule has 0 saturated heterocycles. The number of benzene rings is 1. The van der Waals surface area contributed by atoms with Crippen molar-refractivity contribution in [2.24, 2.45) is 4.99 Å². The van der Waals surface area contributed by atoms with Crippen LogP contribution >= 0.6 is 24.0 Å². The van der Waals surface area contributed by atoms with E-state index in [1.807, 2.05) is 12.3 Å². The zero-order chi connectivity index (χ0) is 14.9. The molecule has 0 aliphatic rings. The van der Waals surface area contributed by atoms with Gasteiger partial charge < -0.3 is 10.6 Å². The highest BCUT2D eigenvalue weighted by Gasteiger charge is 2.00. The van der Waals surface area contributed by atoms with Crippen LogP contribution in [0.4, 0.5) is 0 Å². The lowest BCUT2D eigenvalue weighted by Crippen LogP contribution is -2.38. The maximum Gasteiger partial charge on any atom is 0.191 e. The van der Waals surface area contributed by atoms with Gasteiger partial charge in [-0.15, -0.1) is 24.0 Å². The van der Waals surface area contributed by atoms with Gasteiger partial charge in [-0.2, -0.15) is 0 Å². The maximum absolute atomic E-state index is 4.24. The van der Waals surface area contributed by atoms with Gasteiger partial charge in [-0.1, -0.05) is 30.3 Å². The average Bonchev–Trinajstić information content (AvgIpc) is 2.53. The second-order valence-corrected chi connectivity index (χ2v) is 4.89. The van der Waals surface area contributed by atoms with Crippen molar-refractivity contribution in [3.8, 4) is 0 Å². The van der Waals surface area contributed by atoms with Gasteiger partial charge in [0.05, 0.1) is 0 Å². The lowest BCUT2D eigenvalue weighted by molar-refractivity contribution is 0.791. The summed E-state index contributed by atoms with van der Waals surface area (Å²) in [6.45, 7) is 3.73. The standard InChI is InChI=1S/C17H22N4.HI/c1-14-6-3-4-8-16(14)13-21-17(18-2)20-11-9-15-7-5-10-19-12-15;/h3-8,10,12H,9,11,13H2,1-2H3,(H2,18,20,21);1H. The number of nitrogens with one attached hydrogen (secondary N) is 2. The van der Waals surface area contributed by atoms with Crippen LogP contribution in [-0.4, -0.2) is 24.5 Å². The number of guanidine groups is 1. The molecule has 0 spiro atoms. The maximum atomic E-state index is 4.24. The van der Waals surface area contributed by atoms with Gasteiger partial charge in [0.25, 0.3) is 0 Å². The summed E-state index contributed by atoms with van der Waals surface area (Å²) in [6, 6.07) is 12.4. The average molecular weight is 410 g/mol. The van der Waals surface area contributed by atoms with Gasteiger partial charge in [0.15, 0.2) is 5.96 Å². The fourth-order valence-corrected chi connectivity index (χ4v) is 2.08. The second-order valence-electron chi connectivity index (χ2n) is 4.89. The molecule has 2 rings (SSSR count). The van der Waals surface area contributed by atoms with Crippen molar-refractivity contribution in [1.82, 2.24) is 15.6 Å². The number of nitrogens with zero attached hydrogens (tertiary/aromatic N) is 2. The van der Waals surface area contributed by atoms with E-state index in [0.717, 1.165) is 25.5 Å². The van der Waals surface area contributed by atoms with E-state index in [-0.39, 0.29) is 24.0 Å². The van der Waals surface area contributed by atoms with E-state index in [1.54, 1.807) is 13.2 Å². The quantitative estimate of drug-likeness (QED) is 0.453. The molecule has 0 radical (unpaired) electrons. The molecule has 22 heavy (non-hydrogen) atoms. The Balaban J connectivity index is 0.00000242. The molecule has 0 amide bonds. The van der Waals surface area contributed by atoms with E-state index in [4.69, 9.17) is 0 Å². The first-order chi connectivity index (χ1) is 10.3. The summed E-state index contributed by atoms with van der Waals surface area (Å²) < 4.78 is 0. The van der Waals surface area contributed by atoms with Crippen molar-refractivity contribution >= 4 is 29.9 Å². The fraction of sp³-hybridized carbons (Fsp3) is 0.294. The van der Waals surface area contributed by atoms with E-state index in [1.165, 1.54) is 16.7 Å². The molecule has 0 atom stereocenters. The summed E-state index contributed by atoms with van der Waals surface area (Å²) >= 11 is 0. The van der Waals surface area contributed by atoms with Crippen LogP contribution in [0.25, 0.3) is 0 Å². The summed E-state index contributed by atoms with van der Waals surface area (Å²) in [6.07, 6.45) is 4.61. The van der Waals surface area contributed by atoms with Crippen LogP contribution in [0.15, 0.2) is 53.8 Å². The van der Waals surface area contributed by atoms with Crippen LogP contribution in [0, 0.1) is 6.92 Å². The van der Waals surface area contributed by atoms with E-state index in [9.17, 15) is 0 Å². The molecule has 118 valence electrons. The van der Waals surface area contributed by atoms with Crippen LogP contribution in [0.5, 0.6) is 0 Å². The van der Waals surface area contributed by atoms with Gasteiger partial charge in [0.1, 0.15) is 0 Å². The van der Waals surface area contributed by atoms with E-state index in [0.29, 0.717) is 0 Å². The van der Waals surface area contributed by atoms with Gasteiger partial charge >= 0.3 is 0 Å². The van der Waals surface area contributed by atoms with Crippen LogP contribution in [-0.2, 0) is 13.0 Å². The van der Waals surface area contributed by atoms with Crippen LogP contribution in [0.1, 0.15) is 16.7 Å². The van der Waals surface area contributed by atoms with E-state index < -0.39 is 0 Å². The van der Waals surface area contributed by atoms with Crippen LogP contribution < -0.4 is 10.6 Å². The summed E-state index contributed by atoms with van der Waals surface area (Å²) in [5.74, 6) is 0.821. The number of aliphatic imine (C=N–C) groups is 1. The summed E-state index contributed by atoms with van der Waals surface area (Å²) in [4.78, 5) is 8.36. The molecular formula is C17H23IN4. The topological polar surface area (TPSA) is 49.3 Å². The van der Waals surface area contributed by atoms with Gasteiger partial charge in [-0.3, -0.25) is 9.98 Å². The minimum atomic E-state index is 0. The number of aryl methyl sites for hydroxylation is 1. The van der Waals surface area contributed by atoms with Crippen molar-refractivity contribution in [2.45, 2.75) is 19.9 Å². The normalized spacial score (nSPS) is 10.7. The molecule has 0 bridgehead atoms. The van der Waals surface area contributed by atoms with Crippen molar-refractivity contribution in [3.05, 3.63) is 65.5 Å². The fourth-order valence-electron chi connectivity index (χ4n) is 2.08. The SMILES string of the molecule is CN=C(NCCc1cccnc1)NCc1ccccc1C.I. The molecule has 1 aromatic carbocycles. The Morgan fingerprint density at radius 1 is 1.14 bits per heavy atom. The van der Waals surface area contributed by atoms with Crippen LogP contribution in [0.2, 0.25) is 0 Å². The van der Waals surface area contributed by atoms with E-state index >= 15 is 0 Å². The van der Waals surface area contributed by atoms with E-state index in [2.05, 4.69) is 57.9 Å². The summed E-state index contributed by atoms with van der Waals surface area (Å²) in [5, 5.41) is 6.65. The number of halogens is 1. The summed E-state index contributed by atoms with van der Waals surface area (Å²) in [5.41, 5.74) is 3.79. The first-order valence-corrected chi connectivity index (χ1v) is 7.17. The number of pyridine rings is 1. The Morgan fingerprint density at radius 3 is 2.64 bits per heavy atom. The Morgan fingerprint density at radius 2 is 1.95 bits per heavy atom. The third-order valence-corrected chi connectivity index (χ3v) is 3.36. The third-order valence-electron chi connectivity index (χ3n) is 3.36. The molecule has 0 saturated carbocycles. The largest absolute Gasteiger partial charge is 0.356 e. The van der Waals surface area contributed by atoms with Gasteiger partial charge in [0, 0.05) is 32.5 Å². The first kappa shape index (κ1) is 18.4. The smallest absolute Gasteiger partial charge is 0.191 e. The highest BCUT2D eigenvalue weighted by Crippen LogP contribution is 2.05. The minimum Gasteiger partial charge on any atom is -0.356 e. The molecule has 0 aliphatic heterocycles. The van der Waals surface area contributed by atoms with Gasteiger partial charge in [-0.05, 0) is 36.1 Å². The molecule has 2 N–H and O–H groups in total. The number of hydrogen-bond acceptors (Lipinski definition) is 2. The molecule has 1 heterocycles. The summed E-state index contributed by atoms with van der Waals surface area (Å²) in [7, 11) is 1.79. The first-order valence-electron chi connectivity index (χ1n) is 7.17. The van der Waals surface area contributed by atoms with Crippen molar-refractivity contribution < 1.29 is 0 Å². The molecule has 0 aliphatic carbocycles. The molecule has 0 unspecified atom stereocenters. The highest BCUT2D eigenvalue weighted by molar-refractivity contribution is 14.0.